The van der Waals surface area contributed by atoms with Crippen molar-refractivity contribution >= 4 is 39.4 Å². The second-order valence-electron chi connectivity index (χ2n) is 8.45. The number of nitrogens with zero attached hydrogens (tertiary/aromatic N) is 7. The quantitative estimate of drug-likeness (QED) is 0.410. The molecule has 0 aliphatic carbocycles. The number of aryl methyl sites for hydroxylation is 1. The minimum Gasteiger partial charge on any atom is -0.382 e. The first-order chi connectivity index (χ1) is 17.1. The molecule has 1 unspecified atom stereocenters. The van der Waals surface area contributed by atoms with E-state index in [-0.39, 0.29) is 0 Å². The van der Waals surface area contributed by atoms with E-state index in [1.165, 1.54) is 6.33 Å². The molecule has 0 amide bonds. The molecule has 176 valence electrons. The van der Waals surface area contributed by atoms with Crippen LogP contribution in [0.5, 0.6) is 0 Å². The van der Waals surface area contributed by atoms with E-state index in [0.29, 0.717) is 27.4 Å². The molecule has 0 spiro atoms. The number of imidazole rings is 1. The van der Waals surface area contributed by atoms with Gasteiger partial charge in [0.25, 0.3) is 0 Å². The molecule has 4 heterocycles. The Morgan fingerprint density at radius 1 is 0.971 bits per heavy atom. The highest BCUT2D eigenvalue weighted by molar-refractivity contribution is 6.31. The van der Waals surface area contributed by atoms with Crippen molar-refractivity contribution in [1.82, 2.24) is 29.5 Å². The Labute approximate surface area is 206 Å². The number of aromatic nitrogens is 6. The van der Waals surface area contributed by atoms with Crippen LogP contribution in [0.25, 0.3) is 33.3 Å². The van der Waals surface area contributed by atoms with Crippen LogP contribution in [0.1, 0.15) is 17.4 Å². The van der Waals surface area contributed by atoms with Crippen LogP contribution in [0.2, 0.25) is 5.02 Å². The van der Waals surface area contributed by atoms with Crippen LogP contribution in [-0.2, 0) is 11.8 Å². The molecule has 2 aromatic carbocycles. The van der Waals surface area contributed by atoms with Crippen molar-refractivity contribution in [3.8, 4) is 11.3 Å². The Morgan fingerprint density at radius 2 is 1.80 bits per heavy atom. The van der Waals surface area contributed by atoms with Gasteiger partial charge >= 0.3 is 0 Å². The van der Waals surface area contributed by atoms with Crippen LogP contribution < -0.4 is 4.90 Å². The lowest BCUT2D eigenvalue weighted by Crippen LogP contribution is -2.36. The molecule has 0 saturated carbocycles. The zero-order valence-electron chi connectivity index (χ0n) is 19.0. The van der Waals surface area contributed by atoms with Crippen molar-refractivity contribution in [2.75, 3.05) is 31.2 Å². The zero-order chi connectivity index (χ0) is 23.9. The number of ether oxygens (including phenoxy) is 1. The lowest BCUT2D eigenvalue weighted by Gasteiger charge is -2.29. The zero-order valence-corrected chi connectivity index (χ0v) is 19.7. The minimum absolute atomic E-state index is 0.400. The number of hydrogen-bond donors (Lipinski definition) is 1. The van der Waals surface area contributed by atoms with E-state index < -0.39 is 6.10 Å². The first kappa shape index (κ1) is 21.8. The monoisotopic (exact) mass is 487 g/mol. The van der Waals surface area contributed by atoms with Crippen LogP contribution in [0, 0.1) is 0 Å². The second kappa shape index (κ2) is 8.84. The van der Waals surface area contributed by atoms with E-state index in [0.717, 1.165) is 54.2 Å². The summed E-state index contributed by atoms with van der Waals surface area (Å²) in [6.07, 6.45) is 3.55. The fourth-order valence-corrected chi connectivity index (χ4v) is 4.73. The molecular weight excluding hydrogens is 466 g/mol. The highest BCUT2D eigenvalue weighted by Gasteiger charge is 2.22. The molecule has 10 heteroatoms. The molecule has 1 N–H and O–H groups in total. The Balaban J connectivity index is 1.41. The summed E-state index contributed by atoms with van der Waals surface area (Å²) < 4.78 is 7.25. The molecule has 35 heavy (non-hydrogen) atoms. The Hall–Kier alpha value is -3.66. The van der Waals surface area contributed by atoms with Crippen LogP contribution in [0.15, 0.2) is 55.4 Å². The molecule has 9 nitrogen and oxygen atoms in total. The lowest BCUT2D eigenvalue weighted by molar-refractivity contribution is 0.122. The van der Waals surface area contributed by atoms with Crippen LogP contribution in [-0.4, -0.2) is 60.9 Å². The summed E-state index contributed by atoms with van der Waals surface area (Å²) in [6, 6.07) is 11.7. The van der Waals surface area contributed by atoms with Crippen molar-refractivity contribution in [3.63, 3.8) is 0 Å². The van der Waals surface area contributed by atoms with Crippen LogP contribution >= 0.6 is 11.6 Å². The maximum absolute atomic E-state index is 11.3. The maximum atomic E-state index is 11.3. The van der Waals surface area contributed by atoms with Crippen LogP contribution in [0.3, 0.4) is 0 Å². The number of aliphatic hydroxyl groups excluding tert-OH is 1. The predicted molar refractivity (Wildman–Crippen MR) is 133 cm³/mol. The fourth-order valence-electron chi connectivity index (χ4n) is 4.51. The van der Waals surface area contributed by atoms with Gasteiger partial charge in [0, 0.05) is 47.4 Å². The molecule has 1 aliphatic rings. The van der Waals surface area contributed by atoms with E-state index in [9.17, 15) is 5.11 Å². The van der Waals surface area contributed by atoms with Gasteiger partial charge in [0.2, 0.25) is 0 Å². The number of rotatable bonds is 4. The van der Waals surface area contributed by atoms with Crippen molar-refractivity contribution in [2.24, 2.45) is 7.05 Å². The number of fused-ring (bicyclic) bond motifs is 2. The van der Waals surface area contributed by atoms with Crippen molar-refractivity contribution < 1.29 is 9.84 Å². The number of aliphatic hydroxyl groups is 1. The minimum atomic E-state index is -1.08. The number of morpholine rings is 1. The lowest BCUT2D eigenvalue weighted by atomic mass is 9.99. The van der Waals surface area contributed by atoms with E-state index in [4.69, 9.17) is 16.3 Å². The van der Waals surface area contributed by atoms with E-state index in [1.807, 2.05) is 25.2 Å². The fraction of sp³-hybridized carbons (Fsp3) is 0.240. The van der Waals surface area contributed by atoms with Crippen molar-refractivity contribution in [1.29, 1.82) is 0 Å². The van der Waals surface area contributed by atoms with Gasteiger partial charge in [-0.25, -0.2) is 24.9 Å². The van der Waals surface area contributed by atoms with Gasteiger partial charge in [0.1, 0.15) is 30.0 Å². The molecule has 1 aliphatic heterocycles. The van der Waals surface area contributed by atoms with Gasteiger partial charge in [-0.1, -0.05) is 17.7 Å². The van der Waals surface area contributed by atoms with Gasteiger partial charge in [-0.3, -0.25) is 0 Å². The molecule has 3 aromatic heterocycles. The molecule has 1 saturated heterocycles. The summed E-state index contributed by atoms with van der Waals surface area (Å²) >= 11 is 6.53. The van der Waals surface area contributed by atoms with Gasteiger partial charge in [-0.05, 0) is 30.3 Å². The highest BCUT2D eigenvalue weighted by atomic mass is 35.5. The number of hydrogen-bond acceptors (Lipinski definition) is 8. The third kappa shape index (κ3) is 3.87. The summed E-state index contributed by atoms with van der Waals surface area (Å²) in [7, 11) is 1.84. The average Bonchev–Trinajstić information content (AvgIpc) is 3.29. The summed E-state index contributed by atoms with van der Waals surface area (Å²) in [5, 5.41) is 12.6. The standard InChI is InChI=1S/C25H22ClN7O2/c1-32-14-31-23-22(29-13-30-25(23)32)24(34)18-10-15(2-5-19(18)26)21-17-4-3-16(11-20(17)27-12-28-21)33-6-8-35-9-7-33/h2-5,10-14,24,34H,6-9H2,1H3. The Morgan fingerprint density at radius 3 is 2.66 bits per heavy atom. The summed E-state index contributed by atoms with van der Waals surface area (Å²) in [4.78, 5) is 24.3. The van der Waals surface area contributed by atoms with E-state index in [2.05, 4.69) is 42.0 Å². The second-order valence-corrected chi connectivity index (χ2v) is 8.86. The number of halogens is 1. The molecule has 5 aromatic rings. The Kier molecular flexibility index (Phi) is 5.52. The predicted octanol–water partition coefficient (Wildman–Crippen LogP) is 3.55. The van der Waals surface area contributed by atoms with E-state index in [1.54, 1.807) is 23.3 Å². The van der Waals surface area contributed by atoms with Gasteiger partial charge in [0.15, 0.2) is 5.65 Å². The number of anilines is 1. The molecule has 6 rings (SSSR count). The Bertz CT molecular complexity index is 1550. The molecule has 1 atom stereocenters. The largest absolute Gasteiger partial charge is 0.382 e. The summed E-state index contributed by atoms with van der Waals surface area (Å²) in [6.45, 7) is 3.16. The maximum Gasteiger partial charge on any atom is 0.163 e. The smallest absolute Gasteiger partial charge is 0.163 e. The summed E-state index contributed by atoms with van der Waals surface area (Å²) in [5.41, 5.74) is 5.64. The summed E-state index contributed by atoms with van der Waals surface area (Å²) in [5.74, 6) is 0. The molecule has 0 radical (unpaired) electrons. The molecule has 0 bridgehead atoms. The topological polar surface area (TPSA) is 102 Å². The third-order valence-electron chi connectivity index (χ3n) is 6.34. The highest BCUT2D eigenvalue weighted by Crippen LogP contribution is 2.35. The first-order valence-electron chi connectivity index (χ1n) is 11.3. The number of benzene rings is 2. The van der Waals surface area contributed by atoms with Crippen molar-refractivity contribution in [3.05, 3.63) is 71.7 Å². The van der Waals surface area contributed by atoms with Gasteiger partial charge in [-0.15, -0.1) is 0 Å². The van der Waals surface area contributed by atoms with Gasteiger partial charge < -0.3 is 19.3 Å². The SMILES string of the molecule is Cn1cnc2c(C(O)c3cc(-c4ncnc5cc(N6CCOCC6)ccc45)ccc3Cl)ncnc21. The van der Waals surface area contributed by atoms with Crippen LogP contribution in [0.4, 0.5) is 5.69 Å². The molecular formula is C25H22ClN7O2. The van der Waals surface area contributed by atoms with Gasteiger partial charge in [0.05, 0.1) is 30.8 Å². The first-order valence-corrected chi connectivity index (χ1v) is 11.7. The average molecular weight is 488 g/mol. The van der Waals surface area contributed by atoms with Gasteiger partial charge in [-0.2, -0.15) is 0 Å². The molecule has 1 fully saturated rings. The normalized spacial score (nSPS) is 15.1. The third-order valence-corrected chi connectivity index (χ3v) is 6.69. The van der Waals surface area contributed by atoms with Crippen molar-refractivity contribution in [2.45, 2.75) is 6.10 Å². The van der Waals surface area contributed by atoms with E-state index >= 15 is 0 Å².